The molecule has 116 valence electrons. The van der Waals surface area contributed by atoms with Crippen molar-refractivity contribution in [2.24, 2.45) is 5.92 Å². The number of nitrogens with one attached hydrogen (secondary N) is 1. The SMILES string of the molecule is CCNC(CCC(C)C)Cc1c(Cl)c(CC)nn1CC. The van der Waals surface area contributed by atoms with Crippen molar-refractivity contribution in [3.63, 3.8) is 0 Å². The predicted octanol–water partition coefficient (Wildman–Crippen LogP) is 4.08. The lowest BCUT2D eigenvalue weighted by molar-refractivity contribution is 0.424. The van der Waals surface area contributed by atoms with Crippen molar-refractivity contribution in [2.75, 3.05) is 6.54 Å². The Morgan fingerprint density at radius 3 is 2.40 bits per heavy atom. The molecule has 1 unspecified atom stereocenters. The van der Waals surface area contributed by atoms with Gasteiger partial charge in [0.25, 0.3) is 0 Å². The molecule has 1 rings (SSSR count). The Morgan fingerprint density at radius 1 is 1.20 bits per heavy atom. The van der Waals surface area contributed by atoms with E-state index in [1.165, 1.54) is 18.5 Å². The van der Waals surface area contributed by atoms with Crippen LogP contribution in [0.25, 0.3) is 0 Å². The van der Waals surface area contributed by atoms with Crippen molar-refractivity contribution in [2.45, 2.75) is 72.9 Å². The van der Waals surface area contributed by atoms with Crippen molar-refractivity contribution in [1.29, 1.82) is 0 Å². The summed E-state index contributed by atoms with van der Waals surface area (Å²) in [6.45, 7) is 12.8. The van der Waals surface area contributed by atoms with E-state index < -0.39 is 0 Å². The molecule has 1 atom stereocenters. The molecule has 0 bridgehead atoms. The average molecular weight is 300 g/mol. The van der Waals surface area contributed by atoms with Crippen molar-refractivity contribution in [1.82, 2.24) is 15.1 Å². The molecular formula is C16H30ClN3. The lowest BCUT2D eigenvalue weighted by atomic mass is 9.99. The summed E-state index contributed by atoms with van der Waals surface area (Å²) in [4.78, 5) is 0. The van der Waals surface area contributed by atoms with Gasteiger partial charge >= 0.3 is 0 Å². The molecular weight excluding hydrogens is 270 g/mol. The van der Waals surface area contributed by atoms with Gasteiger partial charge in [0.1, 0.15) is 0 Å². The monoisotopic (exact) mass is 299 g/mol. The second-order valence-electron chi connectivity index (χ2n) is 5.81. The van der Waals surface area contributed by atoms with Gasteiger partial charge in [-0.3, -0.25) is 4.68 Å². The second kappa shape index (κ2) is 8.68. The predicted molar refractivity (Wildman–Crippen MR) is 87.5 cm³/mol. The maximum absolute atomic E-state index is 6.50. The van der Waals surface area contributed by atoms with Crippen molar-refractivity contribution >= 4 is 11.6 Å². The van der Waals surface area contributed by atoms with Crippen LogP contribution in [-0.4, -0.2) is 22.4 Å². The van der Waals surface area contributed by atoms with E-state index in [1.54, 1.807) is 0 Å². The lowest BCUT2D eigenvalue weighted by Crippen LogP contribution is -2.32. The fourth-order valence-electron chi connectivity index (χ4n) is 2.55. The van der Waals surface area contributed by atoms with Crippen LogP contribution in [0.15, 0.2) is 0 Å². The first-order valence-electron chi connectivity index (χ1n) is 8.00. The molecule has 0 radical (unpaired) electrons. The normalized spacial score (nSPS) is 13.2. The number of aromatic nitrogens is 2. The summed E-state index contributed by atoms with van der Waals surface area (Å²) in [5.41, 5.74) is 2.23. The van der Waals surface area contributed by atoms with Crippen LogP contribution in [0.1, 0.15) is 58.8 Å². The molecule has 0 fully saturated rings. The highest BCUT2D eigenvalue weighted by molar-refractivity contribution is 6.31. The van der Waals surface area contributed by atoms with E-state index in [-0.39, 0.29) is 0 Å². The fraction of sp³-hybridized carbons (Fsp3) is 0.812. The van der Waals surface area contributed by atoms with E-state index in [2.05, 4.69) is 49.7 Å². The van der Waals surface area contributed by atoms with Gasteiger partial charge in [-0.2, -0.15) is 5.10 Å². The van der Waals surface area contributed by atoms with Gasteiger partial charge in [0, 0.05) is 19.0 Å². The molecule has 20 heavy (non-hydrogen) atoms. The lowest BCUT2D eigenvalue weighted by Gasteiger charge is -2.19. The number of aryl methyl sites for hydroxylation is 2. The zero-order valence-corrected chi connectivity index (χ0v) is 14.4. The zero-order valence-electron chi connectivity index (χ0n) is 13.7. The Balaban J connectivity index is 2.83. The molecule has 0 aliphatic carbocycles. The maximum Gasteiger partial charge on any atom is 0.0850 e. The van der Waals surface area contributed by atoms with Crippen LogP contribution < -0.4 is 5.32 Å². The standard InChI is InChI=1S/C16H30ClN3/c1-6-14-16(17)15(20(8-3)19-14)11-13(18-7-2)10-9-12(4)5/h12-13,18H,6-11H2,1-5H3. The summed E-state index contributed by atoms with van der Waals surface area (Å²) in [5, 5.41) is 9.08. The molecule has 0 amide bonds. The molecule has 1 heterocycles. The van der Waals surface area contributed by atoms with Crippen LogP contribution >= 0.6 is 11.6 Å². The highest BCUT2D eigenvalue weighted by Gasteiger charge is 2.18. The third-order valence-corrected chi connectivity index (χ3v) is 4.16. The second-order valence-corrected chi connectivity index (χ2v) is 6.18. The first kappa shape index (κ1) is 17.5. The van der Waals surface area contributed by atoms with E-state index >= 15 is 0 Å². The number of likely N-dealkylation sites (N-methyl/N-ethyl adjacent to an activating group) is 1. The van der Waals surface area contributed by atoms with Gasteiger partial charge in [-0.1, -0.05) is 39.3 Å². The van der Waals surface area contributed by atoms with Gasteiger partial charge in [0.15, 0.2) is 0 Å². The Kier molecular flexibility index (Phi) is 7.60. The van der Waals surface area contributed by atoms with Crippen LogP contribution in [0, 0.1) is 5.92 Å². The van der Waals surface area contributed by atoms with Crippen LogP contribution in [0.5, 0.6) is 0 Å². The molecule has 3 nitrogen and oxygen atoms in total. The summed E-state index contributed by atoms with van der Waals surface area (Å²) < 4.78 is 2.07. The summed E-state index contributed by atoms with van der Waals surface area (Å²) in [6.07, 6.45) is 4.31. The molecule has 0 aliphatic rings. The fourth-order valence-corrected chi connectivity index (χ4v) is 2.89. The summed E-state index contributed by atoms with van der Waals surface area (Å²) in [5.74, 6) is 0.744. The molecule has 0 aromatic carbocycles. The molecule has 0 saturated heterocycles. The Bertz CT molecular complexity index is 399. The smallest absolute Gasteiger partial charge is 0.0850 e. The first-order chi connectivity index (χ1) is 9.53. The van der Waals surface area contributed by atoms with E-state index in [0.717, 1.165) is 42.6 Å². The van der Waals surface area contributed by atoms with E-state index in [1.807, 2.05) is 0 Å². The minimum atomic E-state index is 0.492. The van der Waals surface area contributed by atoms with Gasteiger partial charge in [-0.25, -0.2) is 0 Å². The van der Waals surface area contributed by atoms with Crippen molar-refractivity contribution < 1.29 is 0 Å². The highest BCUT2D eigenvalue weighted by Crippen LogP contribution is 2.24. The van der Waals surface area contributed by atoms with Crippen LogP contribution in [0.4, 0.5) is 0 Å². The molecule has 0 aliphatic heterocycles. The molecule has 4 heteroatoms. The largest absolute Gasteiger partial charge is 0.314 e. The minimum Gasteiger partial charge on any atom is -0.314 e. The number of hydrogen-bond acceptors (Lipinski definition) is 2. The van der Waals surface area contributed by atoms with E-state index in [9.17, 15) is 0 Å². The average Bonchev–Trinajstić information content (AvgIpc) is 2.72. The Hall–Kier alpha value is -0.540. The van der Waals surface area contributed by atoms with E-state index in [0.29, 0.717) is 6.04 Å². The number of rotatable bonds is 9. The van der Waals surface area contributed by atoms with Crippen LogP contribution in [-0.2, 0) is 19.4 Å². The third kappa shape index (κ3) is 4.78. The first-order valence-corrected chi connectivity index (χ1v) is 8.38. The zero-order chi connectivity index (χ0) is 15.1. The molecule has 0 saturated carbocycles. The molecule has 1 N–H and O–H groups in total. The summed E-state index contributed by atoms with van der Waals surface area (Å²) in [7, 11) is 0. The highest BCUT2D eigenvalue weighted by atomic mass is 35.5. The van der Waals surface area contributed by atoms with Gasteiger partial charge in [-0.15, -0.1) is 0 Å². The van der Waals surface area contributed by atoms with Gasteiger partial charge in [0.2, 0.25) is 0 Å². The number of hydrogen-bond donors (Lipinski definition) is 1. The van der Waals surface area contributed by atoms with E-state index in [4.69, 9.17) is 11.6 Å². The van der Waals surface area contributed by atoms with Gasteiger partial charge in [0.05, 0.1) is 16.4 Å². The Labute approximate surface area is 129 Å². The molecule has 1 aromatic rings. The summed E-state index contributed by atoms with van der Waals surface area (Å²) in [6, 6.07) is 0.492. The van der Waals surface area contributed by atoms with Gasteiger partial charge < -0.3 is 5.32 Å². The minimum absolute atomic E-state index is 0.492. The quantitative estimate of drug-likeness (QED) is 0.745. The third-order valence-electron chi connectivity index (χ3n) is 3.72. The molecule has 1 aromatic heterocycles. The maximum atomic E-state index is 6.50. The van der Waals surface area contributed by atoms with Crippen LogP contribution in [0.3, 0.4) is 0 Å². The molecule has 0 spiro atoms. The van der Waals surface area contributed by atoms with Crippen LogP contribution in [0.2, 0.25) is 5.02 Å². The Morgan fingerprint density at radius 2 is 1.90 bits per heavy atom. The van der Waals surface area contributed by atoms with Crippen molar-refractivity contribution in [3.8, 4) is 0 Å². The summed E-state index contributed by atoms with van der Waals surface area (Å²) >= 11 is 6.50. The number of halogens is 1. The topological polar surface area (TPSA) is 29.9 Å². The van der Waals surface area contributed by atoms with Gasteiger partial charge in [-0.05, 0) is 38.6 Å². The van der Waals surface area contributed by atoms with Crippen molar-refractivity contribution in [3.05, 3.63) is 16.4 Å². The number of nitrogens with zero attached hydrogens (tertiary/aromatic N) is 2.